The smallest absolute Gasteiger partial charge is 0.244 e. The van der Waals surface area contributed by atoms with Crippen LogP contribution in [0.2, 0.25) is 0 Å². The molecule has 0 aliphatic rings. The zero-order chi connectivity index (χ0) is 18.5. The molecule has 0 bridgehead atoms. The summed E-state index contributed by atoms with van der Waals surface area (Å²) in [6.45, 7) is 4.01. The molecular formula is C20H19FN4O. The van der Waals surface area contributed by atoms with E-state index in [9.17, 15) is 9.18 Å². The van der Waals surface area contributed by atoms with Gasteiger partial charge in [0.05, 0.1) is 12.6 Å². The highest BCUT2D eigenvalue weighted by Crippen LogP contribution is 2.18. The zero-order valence-electron chi connectivity index (χ0n) is 14.6. The van der Waals surface area contributed by atoms with E-state index in [0.29, 0.717) is 0 Å². The van der Waals surface area contributed by atoms with Gasteiger partial charge in [0.1, 0.15) is 5.82 Å². The van der Waals surface area contributed by atoms with E-state index in [2.05, 4.69) is 20.1 Å². The van der Waals surface area contributed by atoms with Crippen LogP contribution in [0.1, 0.15) is 22.5 Å². The van der Waals surface area contributed by atoms with Gasteiger partial charge in [-0.2, -0.15) is 5.10 Å². The molecule has 2 heterocycles. The van der Waals surface area contributed by atoms with E-state index in [1.807, 2.05) is 32.0 Å². The number of carbonyl (C=O) groups is 1. The third-order valence-corrected chi connectivity index (χ3v) is 4.06. The van der Waals surface area contributed by atoms with Crippen LogP contribution in [0.25, 0.3) is 5.69 Å². The minimum atomic E-state index is -0.322. The van der Waals surface area contributed by atoms with Crippen LogP contribution < -0.4 is 5.43 Å². The SMILES string of the molecule is Cc1cc(/C=N/NC(=O)Cc2ccc(F)cc2)c(C)n1-c1ccncc1. The number of carbonyl (C=O) groups excluding carboxylic acids is 1. The Kier molecular flexibility index (Phi) is 5.22. The highest BCUT2D eigenvalue weighted by molar-refractivity contribution is 5.84. The minimum Gasteiger partial charge on any atom is -0.318 e. The van der Waals surface area contributed by atoms with E-state index >= 15 is 0 Å². The zero-order valence-corrected chi connectivity index (χ0v) is 14.6. The van der Waals surface area contributed by atoms with E-state index in [0.717, 1.165) is 28.2 Å². The molecule has 0 radical (unpaired) electrons. The van der Waals surface area contributed by atoms with Crippen LogP contribution in [-0.4, -0.2) is 21.7 Å². The molecule has 1 aromatic carbocycles. The maximum absolute atomic E-state index is 12.9. The number of hydrazone groups is 1. The van der Waals surface area contributed by atoms with Gasteiger partial charge in [-0.25, -0.2) is 9.82 Å². The Morgan fingerprint density at radius 3 is 2.58 bits per heavy atom. The molecule has 1 amide bonds. The lowest BCUT2D eigenvalue weighted by Gasteiger charge is -2.08. The van der Waals surface area contributed by atoms with Crippen LogP contribution in [0.5, 0.6) is 0 Å². The second-order valence-corrected chi connectivity index (χ2v) is 5.96. The molecule has 6 heteroatoms. The first-order chi connectivity index (χ1) is 12.5. The average Bonchev–Trinajstić information content (AvgIpc) is 2.91. The number of nitrogens with one attached hydrogen (secondary N) is 1. The molecule has 0 spiro atoms. The predicted octanol–water partition coefficient (Wildman–Crippen LogP) is 3.32. The van der Waals surface area contributed by atoms with Gasteiger partial charge < -0.3 is 4.57 Å². The van der Waals surface area contributed by atoms with Gasteiger partial charge in [-0.3, -0.25) is 9.78 Å². The van der Waals surface area contributed by atoms with Crippen molar-refractivity contribution in [2.45, 2.75) is 20.3 Å². The third-order valence-electron chi connectivity index (χ3n) is 4.06. The standard InChI is InChI=1S/C20H19FN4O/c1-14-11-17(15(2)25(14)19-7-9-22-10-8-19)13-23-24-20(26)12-16-3-5-18(21)6-4-16/h3-11,13H,12H2,1-2H3,(H,24,26)/b23-13+. The summed E-state index contributed by atoms with van der Waals surface area (Å²) in [6, 6.07) is 11.7. The van der Waals surface area contributed by atoms with Crippen LogP contribution >= 0.6 is 0 Å². The number of aryl methyl sites for hydroxylation is 1. The number of hydrogen-bond acceptors (Lipinski definition) is 3. The Labute approximate surface area is 151 Å². The lowest BCUT2D eigenvalue weighted by Crippen LogP contribution is -2.19. The average molecular weight is 350 g/mol. The number of nitrogens with zero attached hydrogens (tertiary/aromatic N) is 3. The first-order valence-corrected chi connectivity index (χ1v) is 8.20. The van der Waals surface area contributed by atoms with Gasteiger partial charge in [-0.15, -0.1) is 0 Å². The molecule has 26 heavy (non-hydrogen) atoms. The fourth-order valence-electron chi connectivity index (χ4n) is 2.81. The first kappa shape index (κ1) is 17.5. The van der Waals surface area contributed by atoms with Gasteiger partial charge in [0.15, 0.2) is 0 Å². The molecule has 0 fully saturated rings. The summed E-state index contributed by atoms with van der Waals surface area (Å²) in [7, 11) is 0. The molecule has 3 aromatic rings. The van der Waals surface area contributed by atoms with Crippen molar-refractivity contribution in [1.82, 2.24) is 15.0 Å². The van der Waals surface area contributed by atoms with Crippen LogP contribution in [0.4, 0.5) is 4.39 Å². The molecular weight excluding hydrogens is 331 g/mol. The van der Waals surface area contributed by atoms with Crippen LogP contribution in [-0.2, 0) is 11.2 Å². The summed E-state index contributed by atoms with van der Waals surface area (Å²) in [5.74, 6) is -0.576. The highest BCUT2D eigenvalue weighted by atomic mass is 19.1. The van der Waals surface area contributed by atoms with Gasteiger partial charge >= 0.3 is 0 Å². The minimum absolute atomic E-state index is 0.146. The quantitative estimate of drug-likeness (QED) is 0.567. The van der Waals surface area contributed by atoms with Gasteiger partial charge in [0.25, 0.3) is 0 Å². The fourth-order valence-corrected chi connectivity index (χ4v) is 2.81. The first-order valence-electron chi connectivity index (χ1n) is 8.20. The molecule has 2 aromatic heterocycles. The molecule has 0 aliphatic carbocycles. The number of hydrogen-bond donors (Lipinski definition) is 1. The number of benzene rings is 1. The van der Waals surface area contributed by atoms with Crippen molar-refractivity contribution in [1.29, 1.82) is 0 Å². The summed E-state index contributed by atoms with van der Waals surface area (Å²) in [5, 5.41) is 4.04. The lowest BCUT2D eigenvalue weighted by atomic mass is 10.1. The van der Waals surface area contributed by atoms with Crippen molar-refractivity contribution in [3.63, 3.8) is 0 Å². The van der Waals surface area contributed by atoms with Crippen molar-refractivity contribution >= 4 is 12.1 Å². The largest absolute Gasteiger partial charge is 0.318 e. The van der Waals surface area contributed by atoms with Gasteiger partial charge in [-0.05, 0) is 49.7 Å². The normalized spacial score (nSPS) is 11.0. The number of amides is 1. The Morgan fingerprint density at radius 2 is 1.88 bits per heavy atom. The van der Waals surface area contributed by atoms with Crippen molar-refractivity contribution < 1.29 is 9.18 Å². The maximum atomic E-state index is 12.9. The van der Waals surface area contributed by atoms with E-state index in [4.69, 9.17) is 0 Å². The van der Waals surface area contributed by atoms with Crippen molar-refractivity contribution in [3.05, 3.63) is 83.2 Å². The molecule has 0 unspecified atom stereocenters. The molecule has 0 saturated heterocycles. The van der Waals surface area contributed by atoms with E-state index in [1.165, 1.54) is 12.1 Å². The van der Waals surface area contributed by atoms with Crippen molar-refractivity contribution in [2.75, 3.05) is 0 Å². The van der Waals surface area contributed by atoms with E-state index < -0.39 is 0 Å². The topological polar surface area (TPSA) is 59.3 Å². The summed E-state index contributed by atoms with van der Waals surface area (Å²) in [5.41, 5.74) is 7.26. The summed E-state index contributed by atoms with van der Waals surface area (Å²) in [4.78, 5) is 16.0. The second-order valence-electron chi connectivity index (χ2n) is 5.96. The van der Waals surface area contributed by atoms with Crippen molar-refractivity contribution in [3.8, 4) is 5.69 Å². The maximum Gasteiger partial charge on any atom is 0.244 e. The monoisotopic (exact) mass is 350 g/mol. The number of rotatable bonds is 5. The third kappa shape index (κ3) is 4.03. The molecule has 5 nitrogen and oxygen atoms in total. The highest BCUT2D eigenvalue weighted by Gasteiger charge is 2.09. The fraction of sp³-hybridized carbons (Fsp3) is 0.150. The summed E-state index contributed by atoms with van der Waals surface area (Å²) in [6.07, 6.45) is 5.27. The van der Waals surface area contributed by atoms with Gasteiger partial charge in [0.2, 0.25) is 5.91 Å². The molecule has 0 aliphatic heterocycles. The van der Waals surface area contributed by atoms with Crippen LogP contribution in [0, 0.1) is 19.7 Å². The molecule has 0 saturated carbocycles. The molecule has 1 N–H and O–H groups in total. The van der Waals surface area contributed by atoms with Crippen molar-refractivity contribution in [2.24, 2.45) is 5.10 Å². The summed E-state index contributed by atoms with van der Waals surface area (Å²) >= 11 is 0. The Morgan fingerprint density at radius 1 is 1.19 bits per heavy atom. The summed E-state index contributed by atoms with van der Waals surface area (Å²) < 4.78 is 15.0. The molecule has 3 rings (SSSR count). The number of aromatic nitrogens is 2. The van der Waals surface area contributed by atoms with Gasteiger partial charge in [-0.1, -0.05) is 12.1 Å². The van der Waals surface area contributed by atoms with Crippen LogP contribution in [0.15, 0.2) is 60.0 Å². The van der Waals surface area contributed by atoms with Crippen LogP contribution in [0.3, 0.4) is 0 Å². The predicted molar refractivity (Wildman–Crippen MR) is 98.9 cm³/mol. The van der Waals surface area contributed by atoms with E-state index in [1.54, 1.807) is 30.7 Å². The van der Waals surface area contributed by atoms with Gasteiger partial charge in [0, 0.05) is 35.0 Å². The molecule has 0 atom stereocenters. The Bertz CT molecular complexity index is 930. The number of pyridine rings is 1. The molecule has 132 valence electrons. The van der Waals surface area contributed by atoms with E-state index in [-0.39, 0.29) is 18.1 Å². The second kappa shape index (κ2) is 7.74. The number of halogens is 1. The Balaban J connectivity index is 1.67. The Hall–Kier alpha value is -3.28. The lowest BCUT2D eigenvalue weighted by molar-refractivity contribution is -0.120.